The molecule has 0 radical (unpaired) electrons. The molecule has 3 N–H and O–H groups in total. The summed E-state index contributed by atoms with van der Waals surface area (Å²) in [4.78, 5) is 2.02. The second-order valence-corrected chi connectivity index (χ2v) is 8.35. The van der Waals surface area contributed by atoms with E-state index >= 15 is 0 Å². The standard InChI is InChI=1S/C12H19NO3S2/c1-2-9-3-4-10(17-9)11(14)12(7-13)5-6-18(15,16)8-12/h3-4,11,14H,2,5-8,13H2,1H3. The smallest absolute Gasteiger partial charge is 0.151 e. The van der Waals surface area contributed by atoms with E-state index in [-0.39, 0.29) is 18.1 Å². The molecule has 2 atom stereocenters. The van der Waals surface area contributed by atoms with Gasteiger partial charge < -0.3 is 10.8 Å². The number of aryl methyl sites for hydroxylation is 1. The van der Waals surface area contributed by atoms with E-state index < -0.39 is 21.4 Å². The fourth-order valence-corrected chi connectivity index (χ4v) is 5.70. The molecule has 0 amide bonds. The van der Waals surface area contributed by atoms with E-state index in [1.165, 1.54) is 4.88 Å². The SMILES string of the molecule is CCc1ccc(C(O)C2(CN)CCS(=O)(=O)C2)s1. The number of nitrogens with two attached hydrogens (primary N) is 1. The molecule has 1 aromatic rings. The van der Waals surface area contributed by atoms with Crippen molar-refractivity contribution in [1.29, 1.82) is 0 Å². The van der Waals surface area contributed by atoms with E-state index in [9.17, 15) is 13.5 Å². The van der Waals surface area contributed by atoms with Gasteiger partial charge in [0.25, 0.3) is 0 Å². The lowest BCUT2D eigenvalue weighted by atomic mass is 9.81. The van der Waals surface area contributed by atoms with Crippen molar-refractivity contribution in [2.24, 2.45) is 11.1 Å². The second-order valence-electron chi connectivity index (χ2n) is 4.97. The van der Waals surface area contributed by atoms with Gasteiger partial charge in [-0.1, -0.05) is 6.92 Å². The van der Waals surface area contributed by atoms with Crippen LogP contribution in [0.25, 0.3) is 0 Å². The van der Waals surface area contributed by atoms with Gasteiger partial charge in [0.15, 0.2) is 9.84 Å². The Bertz CT molecular complexity index is 523. The van der Waals surface area contributed by atoms with Gasteiger partial charge in [0.1, 0.15) is 0 Å². The molecule has 1 aromatic heterocycles. The maximum absolute atomic E-state index is 11.6. The summed E-state index contributed by atoms with van der Waals surface area (Å²) < 4.78 is 23.3. The van der Waals surface area contributed by atoms with Gasteiger partial charge in [-0.25, -0.2) is 8.42 Å². The molecule has 1 aliphatic rings. The average Bonchev–Trinajstić information content (AvgIpc) is 2.93. The molecule has 0 spiro atoms. The van der Waals surface area contributed by atoms with Gasteiger partial charge in [0.05, 0.1) is 17.6 Å². The molecule has 0 saturated carbocycles. The monoisotopic (exact) mass is 289 g/mol. The van der Waals surface area contributed by atoms with Gasteiger partial charge in [0.2, 0.25) is 0 Å². The van der Waals surface area contributed by atoms with Crippen molar-refractivity contribution < 1.29 is 13.5 Å². The van der Waals surface area contributed by atoms with Crippen LogP contribution in [0.2, 0.25) is 0 Å². The zero-order valence-electron chi connectivity index (χ0n) is 10.4. The highest BCUT2D eigenvalue weighted by Crippen LogP contribution is 2.44. The van der Waals surface area contributed by atoms with Crippen molar-refractivity contribution in [2.45, 2.75) is 25.9 Å². The van der Waals surface area contributed by atoms with Gasteiger partial charge in [-0.2, -0.15) is 0 Å². The first-order chi connectivity index (χ1) is 8.42. The zero-order chi connectivity index (χ0) is 13.4. The summed E-state index contributed by atoms with van der Waals surface area (Å²) in [5, 5.41) is 10.5. The van der Waals surface area contributed by atoms with Gasteiger partial charge in [-0.3, -0.25) is 0 Å². The Morgan fingerprint density at radius 3 is 2.72 bits per heavy atom. The van der Waals surface area contributed by atoms with Gasteiger partial charge in [-0.05, 0) is 25.0 Å². The van der Waals surface area contributed by atoms with Gasteiger partial charge in [-0.15, -0.1) is 11.3 Å². The van der Waals surface area contributed by atoms with Crippen molar-refractivity contribution in [3.05, 3.63) is 21.9 Å². The Kier molecular flexibility index (Phi) is 3.82. The van der Waals surface area contributed by atoms with Crippen LogP contribution in [0.15, 0.2) is 12.1 Å². The van der Waals surface area contributed by atoms with Crippen LogP contribution in [-0.2, 0) is 16.3 Å². The lowest BCUT2D eigenvalue weighted by Gasteiger charge is -2.30. The van der Waals surface area contributed by atoms with E-state index in [0.717, 1.165) is 11.3 Å². The Hall–Kier alpha value is -0.430. The molecular weight excluding hydrogens is 270 g/mol. The molecule has 2 heterocycles. The van der Waals surface area contributed by atoms with Gasteiger partial charge >= 0.3 is 0 Å². The lowest BCUT2D eigenvalue weighted by molar-refractivity contribution is 0.0501. The molecular formula is C12H19NO3S2. The van der Waals surface area contributed by atoms with E-state index in [1.54, 1.807) is 11.3 Å². The molecule has 1 aliphatic heterocycles. The molecule has 0 aliphatic carbocycles. The lowest BCUT2D eigenvalue weighted by Crippen LogP contribution is -2.37. The van der Waals surface area contributed by atoms with Crippen molar-refractivity contribution in [1.82, 2.24) is 0 Å². The highest BCUT2D eigenvalue weighted by Gasteiger charge is 2.47. The van der Waals surface area contributed by atoms with E-state index in [4.69, 9.17) is 5.73 Å². The number of sulfone groups is 1. The third-order valence-corrected chi connectivity index (χ3v) is 6.83. The fraction of sp³-hybridized carbons (Fsp3) is 0.667. The topological polar surface area (TPSA) is 80.4 Å². The van der Waals surface area contributed by atoms with Crippen LogP contribution in [0.4, 0.5) is 0 Å². The summed E-state index contributed by atoms with van der Waals surface area (Å²) in [5.74, 6) is 0.129. The number of aliphatic hydroxyl groups is 1. The highest BCUT2D eigenvalue weighted by atomic mass is 32.2. The minimum absolute atomic E-state index is 0.00295. The molecule has 2 rings (SSSR count). The van der Waals surface area contributed by atoms with Crippen molar-refractivity contribution >= 4 is 21.2 Å². The summed E-state index contributed by atoms with van der Waals surface area (Å²) in [6.45, 7) is 2.26. The van der Waals surface area contributed by atoms with Crippen LogP contribution in [-0.4, -0.2) is 31.6 Å². The maximum Gasteiger partial charge on any atom is 0.151 e. The summed E-state index contributed by atoms with van der Waals surface area (Å²) in [5.41, 5.74) is 5.05. The Balaban J connectivity index is 2.28. The molecule has 0 bridgehead atoms. The molecule has 2 unspecified atom stereocenters. The summed E-state index contributed by atoms with van der Waals surface area (Å²) in [6, 6.07) is 3.87. The number of thiophene rings is 1. The third-order valence-electron chi connectivity index (χ3n) is 3.71. The number of hydrogen-bond acceptors (Lipinski definition) is 5. The van der Waals surface area contributed by atoms with Crippen LogP contribution >= 0.6 is 11.3 Å². The quantitative estimate of drug-likeness (QED) is 0.870. The molecule has 102 valence electrons. The Labute approximate surface area is 112 Å². The van der Waals surface area contributed by atoms with E-state index in [1.807, 2.05) is 12.1 Å². The van der Waals surface area contributed by atoms with Gasteiger partial charge in [0, 0.05) is 21.7 Å². The van der Waals surface area contributed by atoms with Crippen LogP contribution in [0.1, 0.15) is 29.2 Å². The van der Waals surface area contributed by atoms with Crippen molar-refractivity contribution in [3.63, 3.8) is 0 Å². The van der Waals surface area contributed by atoms with Crippen LogP contribution in [0, 0.1) is 5.41 Å². The number of aliphatic hydroxyl groups excluding tert-OH is 1. The molecule has 4 nitrogen and oxygen atoms in total. The normalized spacial score (nSPS) is 28.4. The molecule has 6 heteroatoms. The summed E-state index contributed by atoms with van der Waals surface area (Å²) in [6.07, 6.45) is 0.600. The number of hydrogen-bond donors (Lipinski definition) is 2. The predicted octanol–water partition coefficient (Wildman–Crippen LogP) is 1.11. The fourth-order valence-electron chi connectivity index (χ4n) is 2.46. The largest absolute Gasteiger partial charge is 0.387 e. The van der Waals surface area contributed by atoms with Crippen molar-refractivity contribution in [3.8, 4) is 0 Å². The third kappa shape index (κ3) is 2.47. The number of rotatable bonds is 4. The summed E-state index contributed by atoms with van der Waals surface area (Å²) >= 11 is 1.54. The minimum Gasteiger partial charge on any atom is -0.387 e. The molecule has 0 aromatic carbocycles. The molecule has 1 saturated heterocycles. The molecule has 1 fully saturated rings. The predicted molar refractivity (Wildman–Crippen MR) is 73.4 cm³/mol. The van der Waals surface area contributed by atoms with Crippen LogP contribution < -0.4 is 5.73 Å². The Morgan fingerprint density at radius 2 is 2.28 bits per heavy atom. The minimum atomic E-state index is -3.05. The summed E-state index contributed by atoms with van der Waals surface area (Å²) in [7, 11) is -3.05. The first-order valence-corrected chi connectivity index (χ1v) is 8.73. The van der Waals surface area contributed by atoms with Crippen LogP contribution in [0.5, 0.6) is 0 Å². The van der Waals surface area contributed by atoms with E-state index in [2.05, 4.69) is 6.92 Å². The Morgan fingerprint density at radius 1 is 1.56 bits per heavy atom. The zero-order valence-corrected chi connectivity index (χ0v) is 12.1. The maximum atomic E-state index is 11.6. The molecule has 18 heavy (non-hydrogen) atoms. The first-order valence-electron chi connectivity index (χ1n) is 6.09. The van der Waals surface area contributed by atoms with Crippen LogP contribution in [0.3, 0.4) is 0 Å². The van der Waals surface area contributed by atoms with Crippen molar-refractivity contribution in [2.75, 3.05) is 18.1 Å². The first kappa shape index (κ1) is 14.0. The highest BCUT2D eigenvalue weighted by molar-refractivity contribution is 7.91. The van der Waals surface area contributed by atoms with E-state index in [0.29, 0.717) is 6.42 Å². The second kappa shape index (κ2) is 4.92. The average molecular weight is 289 g/mol.